The van der Waals surface area contributed by atoms with Gasteiger partial charge in [-0.25, -0.2) is 0 Å². The molecule has 274 valence electrons. The quantitative estimate of drug-likeness (QED) is 0.111. The van der Waals surface area contributed by atoms with Crippen LogP contribution in [0.4, 0.5) is 0 Å². The Morgan fingerprint density at radius 1 is 0.569 bits per heavy atom. The summed E-state index contributed by atoms with van der Waals surface area (Å²) in [6, 6.07) is 36.7. The van der Waals surface area contributed by atoms with Gasteiger partial charge >= 0.3 is 30.2 Å². The third-order valence-electron chi connectivity index (χ3n) is 9.35. The number of hydrogen-bond donors (Lipinski definition) is 0. The number of aryl methyl sites for hydroxylation is 4. The Hall–Kier alpha value is -2.22. The van der Waals surface area contributed by atoms with Crippen molar-refractivity contribution in [3.63, 3.8) is 0 Å². The molecule has 6 rings (SSSR count). The number of fused-ring (bicyclic) bond motifs is 2. The fourth-order valence-corrected chi connectivity index (χ4v) is 6.29. The van der Waals surface area contributed by atoms with Gasteiger partial charge in [0.25, 0.3) is 0 Å². The second kappa shape index (κ2) is 24.9. The van der Waals surface area contributed by atoms with E-state index in [0.29, 0.717) is 11.8 Å². The number of halogens is 2. The van der Waals surface area contributed by atoms with E-state index in [9.17, 15) is 0 Å². The molecule has 2 unspecified atom stereocenters. The van der Waals surface area contributed by atoms with Gasteiger partial charge in [-0.3, -0.25) is 0 Å². The Morgan fingerprint density at radius 2 is 0.941 bits per heavy atom. The Labute approximate surface area is 341 Å². The molecule has 0 aromatic heterocycles. The van der Waals surface area contributed by atoms with Gasteiger partial charge in [0.2, 0.25) is 0 Å². The van der Waals surface area contributed by atoms with Crippen LogP contribution in [0.2, 0.25) is 0 Å². The van der Waals surface area contributed by atoms with Gasteiger partial charge in [-0.1, -0.05) is 124 Å². The van der Waals surface area contributed by atoms with Crippen LogP contribution in [0.25, 0.3) is 43.8 Å². The molecule has 6 aromatic rings. The van der Waals surface area contributed by atoms with Crippen molar-refractivity contribution in [3.05, 3.63) is 144 Å². The summed E-state index contributed by atoms with van der Waals surface area (Å²) >= 11 is 1.36. The molecule has 4 heteroatoms. The zero-order chi connectivity index (χ0) is 36.7. The molecule has 2 radical (unpaired) electrons. The summed E-state index contributed by atoms with van der Waals surface area (Å²) in [5, 5.41) is 5.49. The van der Waals surface area contributed by atoms with E-state index in [1.54, 1.807) is 13.8 Å². The SMILES string of the molecule is CCC(C)c1ccc(-c2cc(C)cc3[cH-]c(C)cc23)cc1.CCc1cc2c(-c3ccc(C(C)CC)cc3)cc(C)cc2[cH-]1.Cl.Cl.[CH2-]C.[CH2-]C.[Si]=[Zr]. The van der Waals surface area contributed by atoms with Crippen molar-refractivity contribution in [2.45, 2.75) is 100 Å². The Bertz CT molecular complexity index is 1840. The first kappa shape index (κ1) is 48.8. The van der Waals surface area contributed by atoms with E-state index in [4.69, 9.17) is 0 Å². The maximum atomic E-state index is 3.25. The fourth-order valence-electron chi connectivity index (χ4n) is 6.29. The number of hydrogen-bond acceptors (Lipinski definition) is 0. The molecule has 0 nitrogen and oxygen atoms in total. The second-order valence-electron chi connectivity index (χ2n) is 12.7. The van der Waals surface area contributed by atoms with Crippen LogP contribution in [-0.4, -0.2) is 6.88 Å². The van der Waals surface area contributed by atoms with Crippen molar-refractivity contribution in [1.29, 1.82) is 0 Å². The zero-order valence-corrected chi connectivity index (χ0v) is 37.8. The monoisotopic (exact) mass is 812 g/mol. The molecule has 0 bridgehead atoms. The molecular formula is C47H60Cl2SiZr-4. The van der Waals surface area contributed by atoms with Gasteiger partial charge in [0.05, 0.1) is 0 Å². The van der Waals surface area contributed by atoms with Gasteiger partial charge in [-0.05, 0) is 67.2 Å². The Balaban J connectivity index is 0.000000828. The summed E-state index contributed by atoms with van der Waals surface area (Å²) in [5.74, 6) is 1.27. The average molecular weight is 815 g/mol. The molecule has 0 aliphatic heterocycles. The van der Waals surface area contributed by atoms with Crippen molar-refractivity contribution < 1.29 is 23.3 Å². The molecule has 2 atom stereocenters. The predicted octanol–water partition coefficient (Wildman–Crippen LogP) is 15.1. The van der Waals surface area contributed by atoms with Crippen LogP contribution in [0.3, 0.4) is 0 Å². The average Bonchev–Trinajstić information content (AvgIpc) is 3.75. The first-order chi connectivity index (χ1) is 23.7. The van der Waals surface area contributed by atoms with Crippen LogP contribution in [0, 0.1) is 34.6 Å². The molecule has 0 aliphatic rings. The van der Waals surface area contributed by atoms with Crippen molar-refractivity contribution >= 4 is 53.2 Å². The molecule has 0 N–H and O–H groups in total. The van der Waals surface area contributed by atoms with Crippen LogP contribution in [0.5, 0.6) is 0 Å². The molecule has 0 spiro atoms. The summed E-state index contributed by atoms with van der Waals surface area (Å²) in [4.78, 5) is 0. The van der Waals surface area contributed by atoms with E-state index >= 15 is 0 Å². The fraction of sp³-hybridized carbons (Fsp3) is 0.319. The molecule has 51 heavy (non-hydrogen) atoms. The van der Waals surface area contributed by atoms with Gasteiger partial charge in [0.1, 0.15) is 0 Å². The van der Waals surface area contributed by atoms with E-state index in [1.165, 1.54) is 113 Å². The summed E-state index contributed by atoms with van der Waals surface area (Å²) in [5.41, 5.74) is 13.7. The van der Waals surface area contributed by atoms with Crippen LogP contribution in [0.15, 0.2) is 97.1 Å². The standard InChI is InChI=1S/C22H25.C21H23.2C2H5.2ClH.Si.Zr/c1-5-16(4)18-7-9-19(10-8-18)21-12-15(3)11-20-13-17(6-2)14-22(20)21;1-5-16(4)17-6-8-18(9-7-17)20-12-14(2)10-19-11-15(3)13-21(19)20;2*1-2;;;;/h7-14,16H,5-6H2,1-4H3;6-13,16H,5H2,1-4H3;2*1H2,2H3;2*1H;;/q4*-1;;;;. The molecule has 0 saturated carbocycles. The van der Waals surface area contributed by atoms with Crippen molar-refractivity contribution in [1.82, 2.24) is 0 Å². The van der Waals surface area contributed by atoms with Gasteiger partial charge in [0.15, 0.2) is 0 Å². The molecule has 0 fully saturated rings. The van der Waals surface area contributed by atoms with Gasteiger partial charge in [-0.15, -0.1) is 81.8 Å². The molecule has 0 aliphatic carbocycles. The topological polar surface area (TPSA) is 0 Å². The number of rotatable bonds is 7. The summed E-state index contributed by atoms with van der Waals surface area (Å²) < 4.78 is 0. The Kier molecular flexibility index (Phi) is 23.8. The molecule has 6 aromatic carbocycles. The normalized spacial score (nSPS) is 11.0. The third-order valence-corrected chi connectivity index (χ3v) is 9.35. The molecular weight excluding hydrogens is 755 g/mol. The van der Waals surface area contributed by atoms with E-state index in [2.05, 4.69) is 173 Å². The Morgan fingerprint density at radius 3 is 1.31 bits per heavy atom. The molecule has 0 saturated heterocycles. The van der Waals surface area contributed by atoms with E-state index in [-0.39, 0.29) is 24.8 Å². The minimum atomic E-state index is 0. The summed E-state index contributed by atoms with van der Waals surface area (Å²) in [6.07, 6.45) is 3.48. The van der Waals surface area contributed by atoms with Gasteiger partial charge in [-0.2, -0.15) is 26.0 Å². The summed E-state index contributed by atoms with van der Waals surface area (Å²) in [6.45, 7) is 30.9. The second-order valence-corrected chi connectivity index (χ2v) is 12.7. The van der Waals surface area contributed by atoms with Crippen LogP contribution < -0.4 is 0 Å². The van der Waals surface area contributed by atoms with Crippen molar-refractivity contribution in [3.8, 4) is 22.3 Å². The van der Waals surface area contributed by atoms with Crippen LogP contribution in [-0.2, 0) is 29.8 Å². The first-order valence-electron chi connectivity index (χ1n) is 17.9. The zero-order valence-electron chi connectivity index (χ0n) is 32.7. The minimum absolute atomic E-state index is 0. The van der Waals surface area contributed by atoms with Crippen LogP contribution >= 0.6 is 24.8 Å². The third kappa shape index (κ3) is 13.0. The van der Waals surface area contributed by atoms with Gasteiger partial charge in [0, 0.05) is 0 Å². The van der Waals surface area contributed by atoms with Crippen molar-refractivity contribution in [2.75, 3.05) is 0 Å². The number of benzene rings is 4. The van der Waals surface area contributed by atoms with E-state index in [1.807, 2.05) is 0 Å². The van der Waals surface area contributed by atoms with Crippen LogP contribution in [0.1, 0.15) is 107 Å². The van der Waals surface area contributed by atoms with E-state index < -0.39 is 0 Å². The predicted molar refractivity (Wildman–Crippen MR) is 233 cm³/mol. The van der Waals surface area contributed by atoms with Gasteiger partial charge < -0.3 is 13.8 Å². The first-order valence-corrected chi connectivity index (χ1v) is 22.1. The van der Waals surface area contributed by atoms with Crippen molar-refractivity contribution in [2.24, 2.45) is 0 Å². The molecule has 0 amide bonds. The summed E-state index contributed by atoms with van der Waals surface area (Å²) in [7, 11) is 0. The van der Waals surface area contributed by atoms with E-state index in [0.717, 1.165) is 6.42 Å². The molecule has 0 heterocycles. The maximum absolute atomic E-state index is 3.25.